The number of carbonyl (C=O) groups is 1. The first kappa shape index (κ1) is 17.1. The first-order valence-corrected chi connectivity index (χ1v) is 7.50. The van der Waals surface area contributed by atoms with Crippen molar-refractivity contribution in [1.29, 1.82) is 0 Å². The lowest BCUT2D eigenvalue weighted by Gasteiger charge is -2.10. The van der Waals surface area contributed by atoms with Gasteiger partial charge in [0, 0.05) is 6.07 Å². The molecule has 1 heterocycles. The maximum Gasteiger partial charge on any atom is 0.343 e. The Morgan fingerprint density at radius 2 is 2.00 bits per heavy atom. The summed E-state index contributed by atoms with van der Waals surface area (Å²) in [5.74, 6) is -0.112. The fourth-order valence-electron chi connectivity index (χ4n) is 2.34. The van der Waals surface area contributed by atoms with E-state index in [0.29, 0.717) is 5.75 Å². The van der Waals surface area contributed by atoms with Gasteiger partial charge in [-0.15, -0.1) is 0 Å². The first-order chi connectivity index (χ1) is 12.5. The highest BCUT2D eigenvalue weighted by Gasteiger charge is 2.21. The third-order valence-corrected chi connectivity index (χ3v) is 3.60. The van der Waals surface area contributed by atoms with Gasteiger partial charge >= 0.3 is 5.97 Å². The molecule has 0 radical (unpaired) electrons. The molecule has 9 nitrogen and oxygen atoms in total. The van der Waals surface area contributed by atoms with Crippen molar-refractivity contribution >= 4 is 11.7 Å². The summed E-state index contributed by atoms with van der Waals surface area (Å²) in [6, 6.07) is 9.06. The largest absolute Gasteiger partial charge is 0.493 e. The molecular formula is C17H14N4O5. The van der Waals surface area contributed by atoms with Crippen LogP contribution in [0.1, 0.15) is 15.9 Å². The Hall–Kier alpha value is -3.75. The molecule has 0 aliphatic heterocycles. The molecule has 0 amide bonds. The van der Waals surface area contributed by atoms with Gasteiger partial charge in [0.15, 0.2) is 11.5 Å². The Morgan fingerprint density at radius 3 is 2.65 bits per heavy atom. The van der Waals surface area contributed by atoms with Gasteiger partial charge in [-0.2, -0.15) is 5.10 Å². The van der Waals surface area contributed by atoms with Gasteiger partial charge in [-0.05, 0) is 36.8 Å². The second-order valence-electron chi connectivity index (χ2n) is 5.34. The maximum atomic E-state index is 12.4. The molecule has 0 atom stereocenters. The van der Waals surface area contributed by atoms with Crippen LogP contribution in [-0.2, 0) is 0 Å². The number of carbonyl (C=O) groups excluding carboxylic acids is 1. The number of hydrogen-bond donors (Lipinski definition) is 0. The van der Waals surface area contributed by atoms with E-state index in [2.05, 4.69) is 10.1 Å². The van der Waals surface area contributed by atoms with Crippen molar-refractivity contribution in [3.63, 3.8) is 0 Å². The normalized spacial score (nSPS) is 10.4. The molecule has 3 aromatic rings. The third kappa shape index (κ3) is 3.36. The van der Waals surface area contributed by atoms with Crippen LogP contribution in [0.3, 0.4) is 0 Å². The summed E-state index contributed by atoms with van der Waals surface area (Å²) in [5, 5.41) is 15.2. The molecule has 0 spiro atoms. The van der Waals surface area contributed by atoms with Crippen LogP contribution in [0, 0.1) is 17.0 Å². The van der Waals surface area contributed by atoms with Crippen molar-refractivity contribution in [3.8, 4) is 17.2 Å². The number of nitro groups is 1. The zero-order valence-electron chi connectivity index (χ0n) is 13.9. The maximum absolute atomic E-state index is 12.4. The average Bonchev–Trinajstić information content (AvgIpc) is 3.17. The van der Waals surface area contributed by atoms with E-state index in [4.69, 9.17) is 9.47 Å². The standard InChI is InChI=1S/C17H14N4O5/c1-11-3-6-15(16(7-11)25-2)26-17(22)12-4-5-13(14(8-12)21(23)24)20-10-18-9-19-20/h3-10H,1-2H3. The number of aryl methyl sites for hydroxylation is 1. The summed E-state index contributed by atoms with van der Waals surface area (Å²) >= 11 is 0. The molecule has 0 saturated carbocycles. The summed E-state index contributed by atoms with van der Waals surface area (Å²) < 4.78 is 11.8. The van der Waals surface area contributed by atoms with Crippen LogP contribution in [0.25, 0.3) is 5.69 Å². The Bertz CT molecular complexity index is 969. The first-order valence-electron chi connectivity index (χ1n) is 7.50. The highest BCUT2D eigenvalue weighted by molar-refractivity contribution is 5.92. The second kappa shape index (κ2) is 7.01. The van der Waals surface area contributed by atoms with Gasteiger partial charge in [0.1, 0.15) is 18.3 Å². The van der Waals surface area contributed by atoms with Gasteiger partial charge in [-0.1, -0.05) is 6.07 Å². The number of nitro benzene ring substituents is 1. The van der Waals surface area contributed by atoms with E-state index in [1.165, 1.54) is 36.6 Å². The molecule has 2 aromatic carbocycles. The summed E-state index contributed by atoms with van der Waals surface area (Å²) in [5.41, 5.74) is 0.871. The third-order valence-electron chi connectivity index (χ3n) is 3.60. The van der Waals surface area contributed by atoms with Crippen molar-refractivity contribution in [1.82, 2.24) is 14.8 Å². The van der Waals surface area contributed by atoms with E-state index in [0.717, 1.165) is 11.6 Å². The van der Waals surface area contributed by atoms with E-state index < -0.39 is 10.9 Å². The molecule has 3 rings (SSSR count). The van der Waals surface area contributed by atoms with Crippen molar-refractivity contribution in [2.75, 3.05) is 7.11 Å². The van der Waals surface area contributed by atoms with E-state index in [1.807, 2.05) is 6.92 Å². The molecule has 9 heteroatoms. The monoisotopic (exact) mass is 354 g/mol. The number of nitrogens with zero attached hydrogens (tertiary/aromatic N) is 4. The van der Waals surface area contributed by atoms with E-state index in [1.54, 1.807) is 18.2 Å². The van der Waals surface area contributed by atoms with Gasteiger partial charge in [-0.3, -0.25) is 10.1 Å². The molecule has 132 valence electrons. The van der Waals surface area contributed by atoms with Crippen molar-refractivity contribution in [2.45, 2.75) is 6.92 Å². The highest BCUT2D eigenvalue weighted by atomic mass is 16.6. The van der Waals surface area contributed by atoms with Gasteiger partial charge in [0.05, 0.1) is 17.6 Å². The van der Waals surface area contributed by atoms with Crippen LogP contribution in [0.15, 0.2) is 49.1 Å². The molecule has 0 fully saturated rings. The van der Waals surface area contributed by atoms with Crippen molar-refractivity contribution < 1.29 is 19.2 Å². The van der Waals surface area contributed by atoms with Crippen LogP contribution in [0.4, 0.5) is 5.69 Å². The minimum atomic E-state index is -0.736. The molecule has 1 aromatic heterocycles. The van der Waals surface area contributed by atoms with Gasteiger partial charge in [0.25, 0.3) is 5.69 Å². The molecule has 26 heavy (non-hydrogen) atoms. The van der Waals surface area contributed by atoms with E-state index >= 15 is 0 Å². The lowest BCUT2D eigenvalue weighted by atomic mass is 10.1. The lowest BCUT2D eigenvalue weighted by molar-refractivity contribution is -0.384. The lowest BCUT2D eigenvalue weighted by Crippen LogP contribution is -2.11. The Morgan fingerprint density at radius 1 is 1.19 bits per heavy atom. The average molecular weight is 354 g/mol. The number of esters is 1. The molecule has 0 saturated heterocycles. The zero-order valence-corrected chi connectivity index (χ0v) is 13.9. The number of aromatic nitrogens is 3. The fraction of sp³-hybridized carbons (Fsp3) is 0.118. The topological polar surface area (TPSA) is 109 Å². The number of methoxy groups -OCH3 is 1. The molecule has 0 aliphatic carbocycles. The SMILES string of the molecule is COc1cc(C)ccc1OC(=O)c1ccc(-n2cncn2)c([N+](=O)[O-])c1. The number of rotatable bonds is 5. The predicted molar refractivity (Wildman–Crippen MR) is 90.7 cm³/mol. The summed E-state index contributed by atoms with van der Waals surface area (Å²) in [7, 11) is 1.46. The van der Waals surface area contributed by atoms with Crippen LogP contribution in [0.2, 0.25) is 0 Å². The van der Waals surface area contributed by atoms with Gasteiger partial charge in [-0.25, -0.2) is 14.5 Å². The van der Waals surface area contributed by atoms with Crippen molar-refractivity contribution in [2.24, 2.45) is 0 Å². The fourth-order valence-corrected chi connectivity index (χ4v) is 2.34. The Labute approximate surface area is 148 Å². The minimum absolute atomic E-state index is 0.0307. The van der Waals surface area contributed by atoms with Crippen LogP contribution in [0.5, 0.6) is 11.5 Å². The van der Waals surface area contributed by atoms with E-state index in [9.17, 15) is 14.9 Å². The van der Waals surface area contributed by atoms with Gasteiger partial charge in [0.2, 0.25) is 0 Å². The van der Waals surface area contributed by atoms with Gasteiger partial charge < -0.3 is 9.47 Å². The van der Waals surface area contributed by atoms with E-state index in [-0.39, 0.29) is 22.7 Å². The molecule has 0 bridgehead atoms. The zero-order chi connectivity index (χ0) is 18.7. The predicted octanol–water partition coefficient (Wildman–Crippen LogP) is 2.71. The quantitative estimate of drug-likeness (QED) is 0.300. The highest BCUT2D eigenvalue weighted by Crippen LogP contribution is 2.29. The van der Waals surface area contributed by atoms with Crippen LogP contribution in [-0.4, -0.2) is 32.8 Å². The molecular weight excluding hydrogens is 340 g/mol. The summed E-state index contributed by atoms with van der Waals surface area (Å²) in [6.07, 6.45) is 2.59. The Kier molecular flexibility index (Phi) is 4.61. The van der Waals surface area contributed by atoms with Crippen molar-refractivity contribution in [3.05, 3.63) is 70.3 Å². The van der Waals surface area contributed by atoms with Crippen LogP contribution >= 0.6 is 0 Å². The number of benzene rings is 2. The second-order valence-corrected chi connectivity index (χ2v) is 5.34. The van der Waals surface area contributed by atoms with Crippen LogP contribution < -0.4 is 9.47 Å². The number of ether oxygens (including phenoxy) is 2. The Balaban J connectivity index is 1.93. The molecule has 0 aliphatic rings. The number of hydrogen-bond acceptors (Lipinski definition) is 7. The molecule has 0 N–H and O–H groups in total. The summed E-state index contributed by atoms with van der Waals surface area (Å²) in [4.78, 5) is 26.9. The smallest absolute Gasteiger partial charge is 0.343 e. The summed E-state index contributed by atoms with van der Waals surface area (Å²) in [6.45, 7) is 1.88. The minimum Gasteiger partial charge on any atom is -0.493 e. The molecule has 0 unspecified atom stereocenters.